The lowest BCUT2D eigenvalue weighted by molar-refractivity contribution is 0.660. The number of benzene rings is 10. The molecule has 0 saturated carbocycles. The average Bonchev–Trinajstić information content (AvgIpc) is 3.90. The monoisotopic (exact) mass is 883 g/mol. The van der Waals surface area contributed by atoms with Crippen molar-refractivity contribution in [1.82, 2.24) is 0 Å². The van der Waals surface area contributed by atoms with E-state index in [1.165, 1.54) is 106 Å². The van der Waals surface area contributed by atoms with Crippen LogP contribution in [0.15, 0.2) is 231 Å². The van der Waals surface area contributed by atoms with E-state index in [0.717, 1.165) is 17.1 Å². The Kier molecular flexibility index (Phi) is 9.11. The van der Waals surface area contributed by atoms with Crippen LogP contribution in [0.5, 0.6) is 0 Å². The van der Waals surface area contributed by atoms with Crippen LogP contribution in [0.3, 0.4) is 0 Å². The molecule has 3 aliphatic rings. The van der Waals surface area contributed by atoms with Gasteiger partial charge in [-0.25, -0.2) is 0 Å². The standard InChI is InChI=1S/C68H53N/c1-66(2)58-32-15-11-29-56(58)65-55(30-20-34-60(65)66)54-28-13-18-36-64(54)69(48-24-19-21-44(41-48)45-37-39-52-50-26-9-14-31-57(50)67(3,4)61(52)42-45)63-35-17-12-25-49(63)46-38-40-53-51-27-10-16-33-59(51)68(5,62(53)43-46)47-22-7-6-8-23-47/h6-43H,1-5H3. The van der Waals surface area contributed by atoms with Crippen molar-refractivity contribution in [2.24, 2.45) is 0 Å². The van der Waals surface area contributed by atoms with Gasteiger partial charge in [-0.05, 0) is 138 Å². The second-order valence-corrected chi connectivity index (χ2v) is 20.5. The minimum absolute atomic E-state index is 0.0968. The van der Waals surface area contributed by atoms with Gasteiger partial charge in [0.05, 0.1) is 11.4 Å². The Morgan fingerprint density at radius 1 is 0.275 bits per heavy atom. The van der Waals surface area contributed by atoms with Crippen molar-refractivity contribution in [3.8, 4) is 66.8 Å². The van der Waals surface area contributed by atoms with Gasteiger partial charge in [0.25, 0.3) is 0 Å². The molecule has 1 heteroatoms. The van der Waals surface area contributed by atoms with E-state index in [2.05, 4.69) is 270 Å². The van der Waals surface area contributed by atoms with Crippen LogP contribution < -0.4 is 4.90 Å². The summed E-state index contributed by atoms with van der Waals surface area (Å²) >= 11 is 0. The molecule has 0 spiro atoms. The summed E-state index contributed by atoms with van der Waals surface area (Å²) in [5.74, 6) is 0. The molecule has 1 atom stereocenters. The van der Waals surface area contributed by atoms with E-state index in [0.29, 0.717) is 0 Å². The normalized spacial score (nSPS) is 16.2. The number of rotatable bonds is 7. The van der Waals surface area contributed by atoms with Gasteiger partial charge in [0.15, 0.2) is 0 Å². The van der Waals surface area contributed by atoms with E-state index in [-0.39, 0.29) is 16.2 Å². The summed E-state index contributed by atoms with van der Waals surface area (Å²) in [7, 11) is 0. The van der Waals surface area contributed by atoms with Crippen LogP contribution in [0.25, 0.3) is 66.8 Å². The minimum atomic E-state index is -0.317. The topological polar surface area (TPSA) is 3.24 Å². The maximum Gasteiger partial charge on any atom is 0.0540 e. The van der Waals surface area contributed by atoms with E-state index < -0.39 is 0 Å². The van der Waals surface area contributed by atoms with Gasteiger partial charge in [-0.15, -0.1) is 0 Å². The molecule has 1 nitrogen and oxygen atoms in total. The zero-order valence-corrected chi connectivity index (χ0v) is 39.9. The van der Waals surface area contributed by atoms with Crippen molar-refractivity contribution in [3.05, 3.63) is 269 Å². The number of hydrogen-bond donors (Lipinski definition) is 0. The summed E-state index contributed by atoms with van der Waals surface area (Å²) in [6.45, 7) is 11.9. The van der Waals surface area contributed by atoms with E-state index in [1.54, 1.807) is 0 Å². The highest BCUT2D eigenvalue weighted by molar-refractivity contribution is 6.00. The zero-order chi connectivity index (χ0) is 46.6. The molecule has 10 aromatic rings. The van der Waals surface area contributed by atoms with Gasteiger partial charge in [-0.2, -0.15) is 0 Å². The molecule has 0 heterocycles. The van der Waals surface area contributed by atoms with Crippen LogP contribution in [0, 0.1) is 0 Å². The van der Waals surface area contributed by atoms with E-state index in [1.807, 2.05) is 0 Å². The highest BCUT2D eigenvalue weighted by Crippen LogP contribution is 2.57. The van der Waals surface area contributed by atoms with Crippen molar-refractivity contribution in [3.63, 3.8) is 0 Å². The lowest BCUT2D eigenvalue weighted by atomic mass is 9.74. The third kappa shape index (κ3) is 6.03. The minimum Gasteiger partial charge on any atom is -0.309 e. The molecule has 0 aromatic heterocycles. The molecule has 13 rings (SSSR count). The summed E-state index contributed by atoms with van der Waals surface area (Å²) in [6.07, 6.45) is 0. The fourth-order valence-electron chi connectivity index (χ4n) is 12.6. The molecule has 0 radical (unpaired) electrons. The lowest BCUT2D eigenvalue weighted by Crippen LogP contribution is -2.22. The molecular weight excluding hydrogens is 831 g/mol. The summed E-state index contributed by atoms with van der Waals surface area (Å²) < 4.78 is 0. The Bertz CT molecular complexity index is 3700. The van der Waals surface area contributed by atoms with E-state index >= 15 is 0 Å². The molecule has 69 heavy (non-hydrogen) atoms. The predicted molar refractivity (Wildman–Crippen MR) is 290 cm³/mol. The Morgan fingerprint density at radius 2 is 0.739 bits per heavy atom. The van der Waals surface area contributed by atoms with Crippen LogP contribution in [-0.4, -0.2) is 0 Å². The fourth-order valence-corrected chi connectivity index (χ4v) is 12.6. The molecular formula is C68H53N. The van der Waals surface area contributed by atoms with Gasteiger partial charge in [-0.1, -0.05) is 222 Å². The average molecular weight is 884 g/mol. The summed E-state index contributed by atoms with van der Waals surface area (Å²) in [4.78, 5) is 2.53. The van der Waals surface area contributed by atoms with Crippen LogP contribution in [-0.2, 0) is 16.2 Å². The zero-order valence-electron chi connectivity index (χ0n) is 39.9. The first-order valence-corrected chi connectivity index (χ1v) is 24.5. The molecule has 0 amide bonds. The van der Waals surface area contributed by atoms with E-state index in [9.17, 15) is 0 Å². The Labute approximate surface area is 407 Å². The number of fused-ring (bicyclic) bond motifs is 9. The van der Waals surface area contributed by atoms with Gasteiger partial charge in [0.2, 0.25) is 0 Å². The largest absolute Gasteiger partial charge is 0.309 e. The van der Waals surface area contributed by atoms with Gasteiger partial charge < -0.3 is 4.90 Å². The fraction of sp³-hybridized carbons (Fsp3) is 0.118. The molecule has 1 unspecified atom stereocenters. The maximum atomic E-state index is 2.53. The van der Waals surface area contributed by atoms with Crippen molar-refractivity contribution < 1.29 is 0 Å². The SMILES string of the molecule is CC1(C)c2ccccc2-c2ccc(-c3cccc(N(c4ccccc4-c4ccc5c(c4)C(C)(c4ccccc4)c4ccccc4-5)c4ccccc4-c4cccc5c4-c4ccccc4C5(C)C)c3)cc21. The van der Waals surface area contributed by atoms with Crippen LogP contribution in [0.2, 0.25) is 0 Å². The molecule has 0 fully saturated rings. The second-order valence-electron chi connectivity index (χ2n) is 20.5. The molecule has 0 bridgehead atoms. The number of para-hydroxylation sites is 2. The summed E-state index contributed by atoms with van der Waals surface area (Å²) in [5.41, 5.74) is 27.5. The predicted octanol–water partition coefficient (Wildman–Crippen LogP) is 18.1. The quantitative estimate of drug-likeness (QED) is 0.154. The van der Waals surface area contributed by atoms with Crippen molar-refractivity contribution in [1.29, 1.82) is 0 Å². The van der Waals surface area contributed by atoms with Gasteiger partial charge in [-0.3, -0.25) is 0 Å². The van der Waals surface area contributed by atoms with Gasteiger partial charge in [0.1, 0.15) is 0 Å². The molecule has 3 aliphatic carbocycles. The molecule has 0 saturated heterocycles. The number of anilines is 3. The first kappa shape index (κ1) is 41.2. The summed E-state index contributed by atoms with van der Waals surface area (Å²) in [6, 6.07) is 86.5. The molecule has 330 valence electrons. The van der Waals surface area contributed by atoms with Crippen molar-refractivity contribution >= 4 is 17.1 Å². The molecule has 0 aliphatic heterocycles. The van der Waals surface area contributed by atoms with Crippen molar-refractivity contribution in [2.45, 2.75) is 50.9 Å². The van der Waals surface area contributed by atoms with Gasteiger partial charge in [0, 0.05) is 33.1 Å². The highest BCUT2D eigenvalue weighted by Gasteiger charge is 2.42. The lowest BCUT2D eigenvalue weighted by Gasteiger charge is -2.31. The number of hydrogen-bond acceptors (Lipinski definition) is 1. The van der Waals surface area contributed by atoms with Gasteiger partial charge >= 0.3 is 0 Å². The Morgan fingerprint density at radius 3 is 1.48 bits per heavy atom. The molecule has 10 aromatic carbocycles. The van der Waals surface area contributed by atoms with E-state index in [4.69, 9.17) is 0 Å². The number of nitrogens with zero attached hydrogens (tertiary/aromatic N) is 1. The Hall–Kier alpha value is -8.00. The highest BCUT2D eigenvalue weighted by atomic mass is 15.1. The second kappa shape index (κ2) is 15.3. The summed E-state index contributed by atoms with van der Waals surface area (Å²) in [5, 5.41) is 0. The molecule has 0 N–H and O–H groups in total. The maximum absolute atomic E-state index is 2.53. The first-order chi connectivity index (χ1) is 33.6. The third-order valence-corrected chi connectivity index (χ3v) is 16.2. The Balaban J connectivity index is 1.03. The van der Waals surface area contributed by atoms with Crippen LogP contribution in [0.1, 0.15) is 73.6 Å². The first-order valence-electron chi connectivity index (χ1n) is 24.5. The van der Waals surface area contributed by atoms with Crippen LogP contribution in [0.4, 0.5) is 17.1 Å². The van der Waals surface area contributed by atoms with Crippen molar-refractivity contribution in [2.75, 3.05) is 4.90 Å². The third-order valence-electron chi connectivity index (χ3n) is 16.2. The van der Waals surface area contributed by atoms with Crippen LogP contribution >= 0.6 is 0 Å². The smallest absolute Gasteiger partial charge is 0.0540 e.